The number of sulfone groups is 1. The van der Waals surface area contributed by atoms with Gasteiger partial charge >= 0.3 is 5.97 Å². The van der Waals surface area contributed by atoms with Crippen LogP contribution in [0, 0.1) is 0 Å². The average Bonchev–Trinajstić information content (AvgIpc) is 3.09. The molecular formula is C21H22N2O5S. The first kappa shape index (κ1) is 20.6. The molecule has 0 aliphatic carbocycles. The van der Waals surface area contributed by atoms with E-state index in [2.05, 4.69) is 10.3 Å². The molecule has 29 heavy (non-hydrogen) atoms. The number of H-pyrrole nitrogens is 1. The number of hydrogen-bond donors (Lipinski definition) is 2. The highest BCUT2D eigenvalue weighted by Gasteiger charge is 2.24. The molecular weight excluding hydrogens is 392 g/mol. The summed E-state index contributed by atoms with van der Waals surface area (Å²) >= 11 is 0. The zero-order valence-electron chi connectivity index (χ0n) is 16.1. The number of esters is 1. The standard InChI is InChI=1S/C21H22N2O5S/c1-28-21(25)19(11-16-12-22-18-6-4-3-5-17(16)18)23-20(24)15-9-7-14(8-10-15)13-29(2,26)27/h3-10,12,19,22H,11,13H2,1-2H3,(H,23,24). The third-order valence-electron chi connectivity index (χ3n) is 4.53. The number of para-hydroxylation sites is 1. The Balaban J connectivity index is 1.76. The van der Waals surface area contributed by atoms with E-state index in [0.29, 0.717) is 11.1 Å². The summed E-state index contributed by atoms with van der Waals surface area (Å²) in [6.07, 6.45) is 3.24. The Morgan fingerprint density at radius 1 is 1.10 bits per heavy atom. The van der Waals surface area contributed by atoms with Crippen LogP contribution in [0.1, 0.15) is 21.5 Å². The molecule has 0 saturated heterocycles. The molecule has 1 atom stereocenters. The van der Waals surface area contributed by atoms with E-state index in [1.165, 1.54) is 19.2 Å². The number of nitrogens with one attached hydrogen (secondary N) is 2. The molecule has 0 aliphatic heterocycles. The van der Waals surface area contributed by atoms with Gasteiger partial charge in [-0.2, -0.15) is 0 Å². The molecule has 1 unspecified atom stereocenters. The average molecular weight is 414 g/mol. The Bertz CT molecular complexity index is 1130. The molecule has 0 aliphatic rings. The Hall–Kier alpha value is -3.13. The molecule has 0 radical (unpaired) electrons. The monoisotopic (exact) mass is 414 g/mol. The van der Waals surface area contributed by atoms with Crippen LogP contribution >= 0.6 is 0 Å². The van der Waals surface area contributed by atoms with Gasteiger partial charge in [-0.25, -0.2) is 13.2 Å². The first-order valence-corrected chi connectivity index (χ1v) is 11.0. The van der Waals surface area contributed by atoms with Crippen molar-refractivity contribution in [1.82, 2.24) is 10.3 Å². The van der Waals surface area contributed by atoms with Gasteiger partial charge in [0.1, 0.15) is 6.04 Å². The number of benzene rings is 2. The Labute approximate surface area is 169 Å². The summed E-state index contributed by atoms with van der Waals surface area (Å²) in [6.45, 7) is 0. The van der Waals surface area contributed by atoms with Crippen molar-refractivity contribution < 1.29 is 22.7 Å². The van der Waals surface area contributed by atoms with Gasteiger partial charge in [0.15, 0.2) is 9.84 Å². The lowest BCUT2D eigenvalue weighted by molar-refractivity contribution is -0.142. The predicted molar refractivity (Wildman–Crippen MR) is 110 cm³/mol. The van der Waals surface area contributed by atoms with Crippen LogP contribution in [0.3, 0.4) is 0 Å². The number of aromatic nitrogens is 1. The number of ether oxygens (including phenoxy) is 1. The van der Waals surface area contributed by atoms with Gasteiger partial charge in [0.05, 0.1) is 12.9 Å². The molecule has 8 heteroatoms. The topological polar surface area (TPSA) is 105 Å². The van der Waals surface area contributed by atoms with E-state index < -0.39 is 27.8 Å². The second kappa shape index (κ2) is 8.48. The van der Waals surface area contributed by atoms with Crippen molar-refractivity contribution in [3.8, 4) is 0 Å². The molecule has 7 nitrogen and oxygen atoms in total. The van der Waals surface area contributed by atoms with Crippen LogP contribution in [0.4, 0.5) is 0 Å². The van der Waals surface area contributed by atoms with Crippen molar-refractivity contribution in [2.24, 2.45) is 0 Å². The lowest BCUT2D eigenvalue weighted by Crippen LogP contribution is -2.43. The highest BCUT2D eigenvalue weighted by Crippen LogP contribution is 2.19. The van der Waals surface area contributed by atoms with E-state index in [1.54, 1.807) is 12.1 Å². The summed E-state index contributed by atoms with van der Waals surface area (Å²) in [6, 6.07) is 13.1. The third-order valence-corrected chi connectivity index (χ3v) is 5.39. The van der Waals surface area contributed by atoms with E-state index in [4.69, 9.17) is 4.74 Å². The predicted octanol–water partition coefficient (Wildman–Crippen LogP) is 2.23. The van der Waals surface area contributed by atoms with Gasteiger partial charge in [-0.3, -0.25) is 4.79 Å². The lowest BCUT2D eigenvalue weighted by atomic mass is 10.0. The van der Waals surface area contributed by atoms with E-state index in [1.807, 2.05) is 30.5 Å². The number of carbonyl (C=O) groups is 2. The maximum Gasteiger partial charge on any atom is 0.328 e. The smallest absolute Gasteiger partial charge is 0.328 e. The Morgan fingerprint density at radius 2 is 1.79 bits per heavy atom. The van der Waals surface area contributed by atoms with Crippen LogP contribution in [0.5, 0.6) is 0 Å². The molecule has 0 bridgehead atoms. The van der Waals surface area contributed by atoms with Gasteiger partial charge < -0.3 is 15.0 Å². The minimum Gasteiger partial charge on any atom is -0.467 e. The number of hydrogen-bond acceptors (Lipinski definition) is 5. The van der Waals surface area contributed by atoms with Crippen LogP contribution < -0.4 is 5.32 Å². The minimum atomic E-state index is -3.16. The summed E-state index contributed by atoms with van der Waals surface area (Å²) in [5, 5.41) is 3.68. The SMILES string of the molecule is COC(=O)C(Cc1c[nH]c2ccccc12)NC(=O)c1ccc(CS(C)(=O)=O)cc1. The second-order valence-electron chi connectivity index (χ2n) is 6.88. The summed E-state index contributed by atoms with van der Waals surface area (Å²) in [4.78, 5) is 28.0. The molecule has 3 rings (SSSR count). The summed E-state index contributed by atoms with van der Waals surface area (Å²) in [7, 11) is -1.88. The van der Waals surface area contributed by atoms with Gasteiger partial charge in [0.25, 0.3) is 5.91 Å². The highest BCUT2D eigenvalue weighted by atomic mass is 32.2. The number of amides is 1. The fraction of sp³-hybridized carbons (Fsp3) is 0.238. The molecule has 0 fully saturated rings. The normalized spacial score (nSPS) is 12.5. The van der Waals surface area contributed by atoms with Crippen molar-refractivity contribution in [2.45, 2.75) is 18.2 Å². The zero-order valence-corrected chi connectivity index (χ0v) is 17.0. The van der Waals surface area contributed by atoms with Gasteiger partial charge in [-0.15, -0.1) is 0 Å². The van der Waals surface area contributed by atoms with Crippen LogP contribution in [-0.2, 0) is 31.5 Å². The maximum absolute atomic E-state index is 12.6. The quantitative estimate of drug-likeness (QED) is 0.577. The fourth-order valence-electron chi connectivity index (χ4n) is 3.15. The van der Waals surface area contributed by atoms with Crippen molar-refractivity contribution in [3.05, 3.63) is 71.4 Å². The zero-order chi connectivity index (χ0) is 21.0. The highest BCUT2D eigenvalue weighted by molar-refractivity contribution is 7.89. The van der Waals surface area contributed by atoms with E-state index in [9.17, 15) is 18.0 Å². The van der Waals surface area contributed by atoms with Crippen LogP contribution in [0.15, 0.2) is 54.7 Å². The number of methoxy groups -OCH3 is 1. The first-order valence-electron chi connectivity index (χ1n) is 8.97. The van der Waals surface area contributed by atoms with Gasteiger partial charge in [-0.1, -0.05) is 30.3 Å². The number of fused-ring (bicyclic) bond motifs is 1. The van der Waals surface area contributed by atoms with E-state index >= 15 is 0 Å². The summed E-state index contributed by atoms with van der Waals surface area (Å²) < 4.78 is 27.6. The molecule has 2 aromatic carbocycles. The number of carbonyl (C=O) groups excluding carboxylic acids is 2. The van der Waals surface area contributed by atoms with Crippen molar-refractivity contribution in [2.75, 3.05) is 13.4 Å². The van der Waals surface area contributed by atoms with E-state index in [0.717, 1.165) is 22.7 Å². The second-order valence-corrected chi connectivity index (χ2v) is 9.02. The molecule has 0 spiro atoms. The molecule has 1 aromatic heterocycles. The molecule has 2 N–H and O–H groups in total. The number of rotatable bonds is 7. The molecule has 3 aromatic rings. The van der Waals surface area contributed by atoms with Crippen LogP contribution in [0.25, 0.3) is 10.9 Å². The molecule has 1 amide bonds. The maximum atomic E-state index is 12.6. The Kier molecular flexibility index (Phi) is 6.03. The largest absolute Gasteiger partial charge is 0.467 e. The van der Waals surface area contributed by atoms with Crippen LogP contribution in [-0.4, -0.2) is 44.7 Å². The lowest BCUT2D eigenvalue weighted by Gasteiger charge is -2.16. The van der Waals surface area contributed by atoms with Crippen molar-refractivity contribution in [1.29, 1.82) is 0 Å². The van der Waals surface area contributed by atoms with Crippen molar-refractivity contribution in [3.63, 3.8) is 0 Å². The molecule has 0 saturated carbocycles. The van der Waals surface area contributed by atoms with E-state index in [-0.39, 0.29) is 12.2 Å². The minimum absolute atomic E-state index is 0.0970. The molecule has 152 valence electrons. The van der Waals surface area contributed by atoms with Crippen LogP contribution in [0.2, 0.25) is 0 Å². The van der Waals surface area contributed by atoms with Gasteiger partial charge in [0, 0.05) is 35.3 Å². The first-order chi connectivity index (χ1) is 13.8. The van der Waals surface area contributed by atoms with Gasteiger partial charge in [-0.05, 0) is 29.3 Å². The summed E-state index contributed by atoms with van der Waals surface area (Å²) in [5.74, 6) is -1.08. The van der Waals surface area contributed by atoms with Crippen molar-refractivity contribution >= 4 is 32.6 Å². The fourth-order valence-corrected chi connectivity index (χ4v) is 3.95. The molecule has 1 heterocycles. The summed E-state index contributed by atoms with van der Waals surface area (Å²) in [5.41, 5.74) is 2.75. The Morgan fingerprint density at radius 3 is 2.45 bits per heavy atom. The number of aromatic amines is 1. The third kappa shape index (κ3) is 5.23. The van der Waals surface area contributed by atoms with Gasteiger partial charge in [0.2, 0.25) is 0 Å².